The fourth-order valence-corrected chi connectivity index (χ4v) is 4.12. The summed E-state index contributed by atoms with van der Waals surface area (Å²) in [6, 6.07) is 9.45. The van der Waals surface area contributed by atoms with Crippen LogP contribution in [0.2, 0.25) is 0 Å². The van der Waals surface area contributed by atoms with Crippen molar-refractivity contribution in [3.05, 3.63) is 41.7 Å². The molecule has 1 aliphatic heterocycles. The largest absolute Gasteiger partial charge is 0.473 e. The smallest absolute Gasteiger partial charge is 0.243 e. The zero-order chi connectivity index (χ0) is 20.0. The molecule has 0 spiro atoms. The molecular weight excluding hydrogens is 390 g/mol. The van der Waals surface area contributed by atoms with Crippen LogP contribution < -0.4 is 14.8 Å². The molecule has 0 atom stereocenters. The van der Waals surface area contributed by atoms with Gasteiger partial charge in [0, 0.05) is 11.8 Å². The van der Waals surface area contributed by atoms with E-state index in [0.717, 1.165) is 32.6 Å². The van der Waals surface area contributed by atoms with E-state index in [4.69, 9.17) is 19.6 Å². The van der Waals surface area contributed by atoms with E-state index in [-0.39, 0.29) is 18.8 Å². The monoisotopic (exact) mass is 407 g/mol. The Morgan fingerprint density at radius 2 is 1.97 bits per heavy atom. The molecule has 0 aliphatic carbocycles. The SMILES string of the molecule is CC(C)OC(=N)c1nc2ccc3ncnc(Nc4ccc5c(c4)OCO5)c3c2s1. The predicted octanol–water partition coefficient (Wildman–Crippen LogP) is 4.46. The number of nitrogens with zero attached hydrogens (tertiary/aromatic N) is 3. The van der Waals surface area contributed by atoms with Crippen molar-refractivity contribution in [1.82, 2.24) is 15.0 Å². The number of hydrogen-bond acceptors (Lipinski definition) is 9. The second-order valence-electron chi connectivity index (χ2n) is 6.74. The van der Waals surface area contributed by atoms with Gasteiger partial charge in [-0.15, -0.1) is 11.3 Å². The molecule has 1 aliphatic rings. The minimum atomic E-state index is -0.0853. The van der Waals surface area contributed by atoms with Gasteiger partial charge >= 0.3 is 0 Å². The average Bonchev–Trinajstić information content (AvgIpc) is 3.34. The molecule has 0 fully saturated rings. The molecule has 5 rings (SSSR count). The van der Waals surface area contributed by atoms with Gasteiger partial charge in [-0.25, -0.2) is 15.0 Å². The van der Waals surface area contributed by atoms with Gasteiger partial charge in [-0.05, 0) is 38.1 Å². The normalized spacial score (nSPS) is 12.7. The summed E-state index contributed by atoms with van der Waals surface area (Å²) in [5, 5.41) is 12.9. The minimum Gasteiger partial charge on any atom is -0.473 e. The number of aromatic nitrogens is 3. The fourth-order valence-electron chi connectivity index (χ4n) is 3.12. The van der Waals surface area contributed by atoms with E-state index in [2.05, 4.69) is 20.3 Å². The Kier molecular flexibility index (Phi) is 4.17. The van der Waals surface area contributed by atoms with E-state index in [1.807, 2.05) is 44.2 Å². The molecule has 4 aromatic rings. The average molecular weight is 407 g/mol. The summed E-state index contributed by atoms with van der Waals surface area (Å²) < 4.78 is 17.2. The third-order valence-electron chi connectivity index (χ3n) is 4.34. The van der Waals surface area contributed by atoms with Crippen molar-refractivity contribution in [2.45, 2.75) is 20.0 Å². The Morgan fingerprint density at radius 3 is 2.83 bits per heavy atom. The first kappa shape index (κ1) is 17.6. The van der Waals surface area contributed by atoms with Crippen molar-refractivity contribution in [2.75, 3.05) is 12.1 Å². The van der Waals surface area contributed by atoms with Gasteiger partial charge < -0.3 is 19.5 Å². The second-order valence-corrected chi connectivity index (χ2v) is 7.74. The van der Waals surface area contributed by atoms with Gasteiger partial charge in [0.25, 0.3) is 0 Å². The lowest BCUT2D eigenvalue weighted by molar-refractivity contribution is 0.174. The Bertz CT molecular complexity index is 1250. The molecule has 146 valence electrons. The van der Waals surface area contributed by atoms with Crippen LogP contribution in [-0.4, -0.2) is 33.7 Å². The molecule has 2 aromatic carbocycles. The molecule has 2 N–H and O–H groups in total. The summed E-state index contributed by atoms with van der Waals surface area (Å²) >= 11 is 1.40. The van der Waals surface area contributed by atoms with E-state index < -0.39 is 0 Å². The molecule has 8 nitrogen and oxygen atoms in total. The maximum absolute atomic E-state index is 8.16. The first-order valence-electron chi connectivity index (χ1n) is 9.05. The Morgan fingerprint density at radius 1 is 1.14 bits per heavy atom. The van der Waals surface area contributed by atoms with E-state index in [9.17, 15) is 0 Å². The quantitative estimate of drug-likeness (QED) is 0.380. The van der Waals surface area contributed by atoms with Crippen LogP contribution in [0, 0.1) is 5.41 Å². The molecule has 9 heteroatoms. The highest BCUT2D eigenvalue weighted by Crippen LogP contribution is 2.37. The number of nitrogens with one attached hydrogen (secondary N) is 2. The summed E-state index contributed by atoms with van der Waals surface area (Å²) in [6.07, 6.45) is 1.44. The Labute approximate surface area is 170 Å². The molecule has 29 heavy (non-hydrogen) atoms. The molecule has 0 bridgehead atoms. The van der Waals surface area contributed by atoms with Gasteiger partial charge in [-0.3, -0.25) is 5.41 Å². The van der Waals surface area contributed by atoms with Gasteiger partial charge in [-0.2, -0.15) is 0 Å². The highest BCUT2D eigenvalue weighted by molar-refractivity contribution is 7.21. The predicted molar refractivity (Wildman–Crippen MR) is 112 cm³/mol. The molecule has 2 aromatic heterocycles. The van der Waals surface area contributed by atoms with Crippen LogP contribution in [0.4, 0.5) is 11.5 Å². The molecule has 0 amide bonds. The van der Waals surface area contributed by atoms with Crippen LogP contribution in [0.25, 0.3) is 21.1 Å². The molecule has 0 unspecified atom stereocenters. The van der Waals surface area contributed by atoms with Crippen LogP contribution in [-0.2, 0) is 4.74 Å². The number of anilines is 2. The van der Waals surface area contributed by atoms with E-state index in [1.54, 1.807) is 0 Å². The lowest BCUT2D eigenvalue weighted by atomic mass is 10.2. The van der Waals surface area contributed by atoms with Gasteiger partial charge in [0.1, 0.15) is 12.1 Å². The fraction of sp³-hybridized carbons (Fsp3) is 0.200. The minimum absolute atomic E-state index is 0.0662. The molecule has 0 saturated carbocycles. The third-order valence-corrected chi connectivity index (χ3v) is 5.43. The highest BCUT2D eigenvalue weighted by Gasteiger charge is 2.18. The lowest BCUT2D eigenvalue weighted by Gasteiger charge is -2.09. The van der Waals surface area contributed by atoms with Gasteiger partial charge in [-0.1, -0.05) is 0 Å². The Balaban J connectivity index is 1.60. The van der Waals surface area contributed by atoms with Crippen LogP contribution in [0.5, 0.6) is 11.5 Å². The van der Waals surface area contributed by atoms with Crippen molar-refractivity contribution < 1.29 is 14.2 Å². The van der Waals surface area contributed by atoms with Gasteiger partial charge in [0.2, 0.25) is 12.7 Å². The molecular formula is C20H17N5O3S. The van der Waals surface area contributed by atoms with Crippen molar-refractivity contribution in [1.29, 1.82) is 5.41 Å². The topological polar surface area (TPSA) is 102 Å². The van der Waals surface area contributed by atoms with E-state index in [0.29, 0.717) is 16.6 Å². The lowest BCUT2D eigenvalue weighted by Crippen LogP contribution is -2.11. The summed E-state index contributed by atoms with van der Waals surface area (Å²) in [5.74, 6) is 2.14. The first-order chi connectivity index (χ1) is 14.1. The van der Waals surface area contributed by atoms with Gasteiger partial charge in [0.15, 0.2) is 16.5 Å². The Hall–Kier alpha value is -3.46. The highest BCUT2D eigenvalue weighted by atomic mass is 32.1. The summed E-state index contributed by atoms with van der Waals surface area (Å²) in [6.45, 7) is 4.00. The second kappa shape index (κ2) is 6.85. The van der Waals surface area contributed by atoms with E-state index in [1.165, 1.54) is 17.7 Å². The number of hydrogen-bond donors (Lipinski definition) is 2. The number of rotatable bonds is 4. The van der Waals surface area contributed by atoms with Gasteiger partial charge in [0.05, 0.1) is 27.2 Å². The van der Waals surface area contributed by atoms with Crippen molar-refractivity contribution in [3.63, 3.8) is 0 Å². The summed E-state index contributed by atoms with van der Waals surface area (Å²) in [7, 11) is 0. The summed E-state index contributed by atoms with van der Waals surface area (Å²) in [4.78, 5) is 13.4. The molecule has 0 radical (unpaired) electrons. The van der Waals surface area contributed by atoms with Crippen molar-refractivity contribution in [2.24, 2.45) is 0 Å². The van der Waals surface area contributed by atoms with Crippen LogP contribution in [0.15, 0.2) is 36.7 Å². The number of fused-ring (bicyclic) bond motifs is 4. The van der Waals surface area contributed by atoms with Crippen LogP contribution >= 0.6 is 11.3 Å². The first-order valence-corrected chi connectivity index (χ1v) is 9.86. The van der Waals surface area contributed by atoms with Crippen molar-refractivity contribution in [3.8, 4) is 11.5 Å². The number of ether oxygens (including phenoxy) is 3. The zero-order valence-electron chi connectivity index (χ0n) is 15.7. The third kappa shape index (κ3) is 3.19. The maximum atomic E-state index is 8.16. The number of thiazole rings is 1. The van der Waals surface area contributed by atoms with Crippen LogP contribution in [0.3, 0.4) is 0 Å². The van der Waals surface area contributed by atoms with Crippen molar-refractivity contribution >= 4 is 49.9 Å². The van der Waals surface area contributed by atoms with E-state index >= 15 is 0 Å². The standard InChI is InChI=1S/C20H17N5O3S/c1-10(2)28-18(21)20-25-13-5-4-12-16(17(13)29-20)19(23-8-22-12)24-11-3-6-14-15(7-11)27-9-26-14/h3-8,10,21H,9H2,1-2H3,(H,22,23,24). The molecule has 0 saturated heterocycles. The number of benzene rings is 2. The maximum Gasteiger partial charge on any atom is 0.243 e. The zero-order valence-corrected chi connectivity index (χ0v) is 16.5. The van der Waals surface area contributed by atoms with Crippen LogP contribution in [0.1, 0.15) is 18.9 Å². The molecule has 3 heterocycles. The summed E-state index contributed by atoms with van der Waals surface area (Å²) in [5.41, 5.74) is 2.40.